The first kappa shape index (κ1) is 14.0. The molecule has 0 saturated heterocycles. The summed E-state index contributed by atoms with van der Waals surface area (Å²) in [5, 5.41) is 3.56. The van der Waals surface area contributed by atoms with E-state index in [2.05, 4.69) is 35.6 Å². The molecule has 1 aromatic rings. The van der Waals surface area contributed by atoms with Crippen LogP contribution in [-0.2, 0) is 0 Å². The van der Waals surface area contributed by atoms with Crippen molar-refractivity contribution >= 4 is 11.8 Å². The van der Waals surface area contributed by atoms with Crippen LogP contribution in [0.15, 0.2) is 35.2 Å². The molecule has 0 heterocycles. The third-order valence-electron chi connectivity index (χ3n) is 3.73. The van der Waals surface area contributed by atoms with Crippen LogP contribution in [0.25, 0.3) is 0 Å². The minimum absolute atomic E-state index is 1.05. The molecule has 1 N–H and O–H groups in total. The Bertz CT molecular complexity index is 306. The molecule has 0 aromatic heterocycles. The molecule has 0 bridgehead atoms. The fraction of sp³-hybridized carbons (Fsp3) is 0.625. The second kappa shape index (κ2) is 8.60. The maximum absolute atomic E-state index is 3.56. The molecule has 18 heavy (non-hydrogen) atoms. The molecule has 1 aliphatic rings. The normalized spacial score (nSPS) is 16.2. The first-order chi connectivity index (χ1) is 8.95. The maximum Gasteiger partial charge on any atom is 0.0106 e. The summed E-state index contributed by atoms with van der Waals surface area (Å²) in [5.74, 6) is 2.22. The molecule has 1 fully saturated rings. The topological polar surface area (TPSA) is 12.0 Å². The van der Waals surface area contributed by atoms with E-state index in [0.29, 0.717) is 0 Å². The summed E-state index contributed by atoms with van der Waals surface area (Å²) in [7, 11) is 0. The van der Waals surface area contributed by atoms with Crippen LogP contribution in [0.4, 0.5) is 0 Å². The Morgan fingerprint density at radius 2 is 1.83 bits per heavy atom. The molecular weight excluding hydrogens is 238 g/mol. The molecular formula is C16H25NS. The molecule has 100 valence electrons. The Labute approximate surface area is 116 Å². The Balaban J connectivity index is 1.42. The molecule has 0 atom stereocenters. The van der Waals surface area contributed by atoms with Gasteiger partial charge in [0.1, 0.15) is 0 Å². The van der Waals surface area contributed by atoms with Gasteiger partial charge in [-0.25, -0.2) is 0 Å². The summed E-state index contributed by atoms with van der Waals surface area (Å²) < 4.78 is 0. The highest BCUT2D eigenvalue weighted by Crippen LogP contribution is 2.28. The molecule has 1 saturated carbocycles. The van der Waals surface area contributed by atoms with Gasteiger partial charge >= 0.3 is 0 Å². The van der Waals surface area contributed by atoms with E-state index in [9.17, 15) is 0 Å². The number of hydrogen-bond acceptors (Lipinski definition) is 2. The van der Waals surface area contributed by atoms with Crippen molar-refractivity contribution in [2.75, 3.05) is 18.8 Å². The Morgan fingerprint density at radius 3 is 2.61 bits per heavy atom. The minimum atomic E-state index is 1.05. The van der Waals surface area contributed by atoms with Crippen molar-refractivity contribution in [3.05, 3.63) is 30.3 Å². The molecule has 2 rings (SSSR count). The van der Waals surface area contributed by atoms with Crippen LogP contribution in [0, 0.1) is 5.92 Å². The van der Waals surface area contributed by atoms with Crippen molar-refractivity contribution in [1.82, 2.24) is 5.32 Å². The smallest absolute Gasteiger partial charge is 0.0106 e. The van der Waals surface area contributed by atoms with Gasteiger partial charge in [0.15, 0.2) is 0 Å². The average Bonchev–Trinajstić information content (AvgIpc) is 2.92. The van der Waals surface area contributed by atoms with Crippen LogP contribution in [0.2, 0.25) is 0 Å². The number of thioether (sulfide) groups is 1. The van der Waals surface area contributed by atoms with Crippen molar-refractivity contribution in [1.29, 1.82) is 0 Å². The van der Waals surface area contributed by atoms with E-state index in [1.54, 1.807) is 0 Å². The van der Waals surface area contributed by atoms with E-state index in [4.69, 9.17) is 0 Å². The van der Waals surface area contributed by atoms with Crippen molar-refractivity contribution in [2.24, 2.45) is 5.92 Å². The molecule has 0 amide bonds. The molecule has 0 unspecified atom stereocenters. The Hall–Kier alpha value is -0.470. The minimum Gasteiger partial charge on any atom is -0.316 e. The summed E-state index contributed by atoms with van der Waals surface area (Å²) >= 11 is 1.94. The number of nitrogens with one attached hydrogen (secondary N) is 1. The van der Waals surface area contributed by atoms with Gasteiger partial charge < -0.3 is 5.32 Å². The molecule has 1 aromatic carbocycles. The highest BCUT2D eigenvalue weighted by Gasteiger charge is 2.13. The van der Waals surface area contributed by atoms with E-state index >= 15 is 0 Å². The third kappa shape index (κ3) is 5.45. The summed E-state index contributed by atoms with van der Waals surface area (Å²) in [6.07, 6.45) is 8.74. The number of rotatable bonds is 8. The molecule has 0 spiro atoms. The van der Waals surface area contributed by atoms with Crippen molar-refractivity contribution in [2.45, 2.75) is 43.4 Å². The number of benzene rings is 1. The van der Waals surface area contributed by atoms with Crippen LogP contribution in [0.3, 0.4) is 0 Å². The van der Waals surface area contributed by atoms with E-state index in [1.165, 1.54) is 55.7 Å². The van der Waals surface area contributed by atoms with Crippen LogP contribution >= 0.6 is 11.8 Å². The van der Waals surface area contributed by atoms with Crippen LogP contribution in [0.5, 0.6) is 0 Å². The largest absolute Gasteiger partial charge is 0.316 e. The highest BCUT2D eigenvalue weighted by atomic mass is 32.2. The SMILES string of the molecule is c1ccc(SCCNCCCC2CCCC2)cc1. The lowest BCUT2D eigenvalue weighted by atomic mass is 10.0. The molecule has 0 aliphatic heterocycles. The summed E-state index contributed by atoms with van der Waals surface area (Å²) in [6, 6.07) is 10.7. The molecule has 1 nitrogen and oxygen atoms in total. The first-order valence-corrected chi connectivity index (χ1v) is 8.32. The second-order valence-corrected chi connectivity index (χ2v) is 6.37. The zero-order chi connectivity index (χ0) is 12.5. The number of hydrogen-bond donors (Lipinski definition) is 1. The summed E-state index contributed by atoms with van der Waals surface area (Å²) in [5.41, 5.74) is 0. The van der Waals surface area contributed by atoms with Gasteiger partial charge in [-0.05, 0) is 37.4 Å². The monoisotopic (exact) mass is 263 g/mol. The quantitative estimate of drug-likeness (QED) is 0.553. The van der Waals surface area contributed by atoms with E-state index in [0.717, 1.165) is 12.5 Å². The van der Waals surface area contributed by atoms with Gasteiger partial charge in [-0.15, -0.1) is 11.8 Å². The van der Waals surface area contributed by atoms with Crippen molar-refractivity contribution in [3.63, 3.8) is 0 Å². The zero-order valence-corrected chi connectivity index (χ0v) is 12.1. The Kier molecular flexibility index (Phi) is 6.67. The summed E-state index contributed by atoms with van der Waals surface area (Å²) in [4.78, 5) is 1.38. The van der Waals surface area contributed by atoms with Gasteiger partial charge in [-0.1, -0.05) is 43.9 Å². The molecule has 1 aliphatic carbocycles. The molecule has 0 radical (unpaired) electrons. The van der Waals surface area contributed by atoms with Gasteiger partial charge in [0.25, 0.3) is 0 Å². The van der Waals surface area contributed by atoms with Gasteiger partial charge in [0.05, 0.1) is 0 Å². The standard InChI is InChI=1S/C16H25NS/c1-2-10-16(11-3-1)18-14-13-17-12-6-9-15-7-4-5-8-15/h1-3,10-11,15,17H,4-9,12-14H2. The van der Waals surface area contributed by atoms with Crippen LogP contribution in [0.1, 0.15) is 38.5 Å². The van der Waals surface area contributed by atoms with Crippen LogP contribution in [-0.4, -0.2) is 18.8 Å². The maximum atomic E-state index is 3.56. The molecule has 2 heteroatoms. The van der Waals surface area contributed by atoms with Crippen molar-refractivity contribution < 1.29 is 0 Å². The fourth-order valence-corrected chi connectivity index (χ4v) is 3.53. The van der Waals surface area contributed by atoms with Gasteiger partial charge in [0, 0.05) is 17.2 Å². The predicted molar refractivity (Wildman–Crippen MR) is 81.2 cm³/mol. The lowest BCUT2D eigenvalue weighted by Crippen LogP contribution is -2.18. The van der Waals surface area contributed by atoms with E-state index in [1.807, 2.05) is 11.8 Å². The van der Waals surface area contributed by atoms with Crippen molar-refractivity contribution in [3.8, 4) is 0 Å². The van der Waals surface area contributed by atoms with E-state index < -0.39 is 0 Å². The van der Waals surface area contributed by atoms with Gasteiger partial charge in [0.2, 0.25) is 0 Å². The lowest BCUT2D eigenvalue weighted by Gasteiger charge is -2.09. The fourth-order valence-electron chi connectivity index (χ4n) is 2.70. The Morgan fingerprint density at radius 1 is 1.06 bits per heavy atom. The van der Waals surface area contributed by atoms with Crippen LogP contribution < -0.4 is 5.32 Å². The zero-order valence-electron chi connectivity index (χ0n) is 11.2. The third-order valence-corrected chi connectivity index (χ3v) is 4.75. The van der Waals surface area contributed by atoms with E-state index in [-0.39, 0.29) is 0 Å². The summed E-state index contributed by atoms with van der Waals surface area (Å²) in [6.45, 7) is 2.33. The average molecular weight is 263 g/mol. The second-order valence-electron chi connectivity index (χ2n) is 5.20. The van der Waals surface area contributed by atoms with Gasteiger partial charge in [-0.2, -0.15) is 0 Å². The first-order valence-electron chi connectivity index (χ1n) is 7.34. The lowest BCUT2D eigenvalue weighted by molar-refractivity contribution is 0.473. The predicted octanol–water partition coefficient (Wildman–Crippen LogP) is 4.34. The van der Waals surface area contributed by atoms with Gasteiger partial charge in [-0.3, -0.25) is 0 Å². The highest BCUT2D eigenvalue weighted by molar-refractivity contribution is 7.99.